The first-order chi connectivity index (χ1) is 8.85. The largest absolute Gasteiger partial charge is 0.493 e. The summed E-state index contributed by atoms with van der Waals surface area (Å²) in [5.41, 5.74) is 0.0946. The van der Waals surface area contributed by atoms with Crippen LogP contribution < -0.4 is 10.1 Å². The van der Waals surface area contributed by atoms with E-state index in [0.717, 1.165) is 0 Å². The molecule has 0 radical (unpaired) electrons. The zero-order valence-corrected chi connectivity index (χ0v) is 11.3. The molecule has 1 unspecified atom stereocenters. The quantitative estimate of drug-likeness (QED) is 0.850. The van der Waals surface area contributed by atoms with Crippen molar-refractivity contribution < 1.29 is 18.7 Å². The Morgan fingerprint density at radius 3 is 2.89 bits per heavy atom. The molecule has 0 bridgehead atoms. The van der Waals surface area contributed by atoms with E-state index >= 15 is 0 Å². The van der Waals surface area contributed by atoms with Gasteiger partial charge in [-0.25, -0.2) is 9.18 Å². The third kappa shape index (κ3) is 3.59. The van der Waals surface area contributed by atoms with E-state index in [0.29, 0.717) is 24.3 Å². The Kier molecular flexibility index (Phi) is 3.64. The molecule has 19 heavy (non-hydrogen) atoms. The number of amides is 1. The highest BCUT2D eigenvalue weighted by molar-refractivity contribution is 5.68. The Morgan fingerprint density at radius 2 is 2.21 bits per heavy atom. The molecule has 1 heterocycles. The van der Waals surface area contributed by atoms with Crippen molar-refractivity contribution in [1.29, 1.82) is 0 Å². The second-order valence-corrected chi connectivity index (χ2v) is 5.52. The Hall–Kier alpha value is -1.78. The molecule has 4 nitrogen and oxygen atoms in total. The Labute approximate surface area is 111 Å². The number of benzene rings is 1. The van der Waals surface area contributed by atoms with Crippen molar-refractivity contribution in [2.24, 2.45) is 0 Å². The van der Waals surface area contributed by atoms with E-state index in [1.807, 2.05) is 0 Å². The van der Waals surface area contributed by atoms with Crippen LogP contribution in [-0.2, 0) is 4.74 Å². The summed E-state index contributed by atoms with van der Waals surface area (Å²) in [4.78, 5) is 11.8. The molecular weight excluding hydrogens is 249 g/mol. The second-order valence-electron chi connectivity index (χ2n) is 5.52. The lowest BCUT2D eigenvalue weighted by molar-refractivity contribution is 0.0490. The number of alkyl carbamates (subject to hydrolysis) is 1. The van der Waals surface area contributed by atoms with Crippen molar-refractivity contribution in [3.05, 3.63) is 29.6 Å². The monoisotopic (exact) mass is 267 g/mol. The van der Waals surface area contributed by atoms with Gasteiger partial charge in [-0.15, -0.1) is 0 Å². The van der Waals surface area contributed by atoms with Gasteiger partial charge in [0.25, 0.3) is 0 Å². The van der Waals surface area contributed by atoms with Crippen LogP contribution in [0.25, 0.3) is 0 Å². The zero-order chi connectivity index (χ0) is 14.0. The molecule has 0 saturated heterocycles. The lowest BCUT2D eigenvalue weighted by atomic mass is 10.0. The molecule has 1 atom stereocenters. The molecule has 5 heteroatoms. The summed E-state index contributed by atoms with van der Waals surface area (Å²) in [7, 11) is 0. The fourth-order valence-corrected chi connectivity index (χ4v) is 1.97. The van der Waals surface area contributed by atoms with Crippen LogP contribution >= 0.6 is 0 Å². The van der Waals surface area contributed by atoms with Crippen molar-refractivity contribution in [3.63, 3.8) is 0 Å². The summed E-state index contributed by atoms with van der Waals surface area (Å²) in [5, 5.41) is 2.75. The van der Waals surface area contributed by atoms with Crippen LogP contribution in [-0.4, -0.2) is 18.3 Å². The molecule has 0 spiro atoms. The number of halogens is 1. The molecular formula is C14H18FNO3. The van der Waals surface area contributed by atoms with Gasteiger partial charge in [-0.05, 0) is 39.0 Å². The van der Waals surface area contributed by atoms with Gasteiger partial charge in [0.15, 0.2) is 0 Å². The first kappa shape index (κ1) is 13.6. The molecule has 2 rings (SSSR count). The first-order valence-corrected chi connectivity index (χ1v) is 6.27. The van der Waals surface area contributed by atoms with Gasteiger partial charge < -0.3 is 14.8 Å². The lowest BCUT2D eigenvalue weighted by Gasteiger charge is -2.28. The number of fused-ring (bicyclic) bond motifs is 1. The van der Waals surface area contributed by atoms with E-state index in [1.165, 1.54) is 12.1 Å². The van der Waals surface area contributed by atoms with Gasteiger partial charge in [-0.3, -0.25) is 0 Å². The molecule has 104 valence electrons. The van der Waals surface area contributed by atoms with E-state index < -0.39 is 11.7 Å². The molecule has 0 aromatic heterocycles. The molecule has 1 aromatic rings. The highest BCUT2D eigenvalue weighted by atomic mass is 19.1. The molecule has 1 aliphatic rings. The molecule has 1 aromatic carbocycles. The van der Waals surface area contributed by atoms with Crippen LogP contribution in [0.5, 0.6) is 5.75 Å². The maximum atomic E-state index is 13.3. The van der Waals surface area contributed by atoms with E-state index in [2.05, 4.69) is 5.32 Å². The predicted octanol–water partition coefficient (Wildman–Crippen LogP) is 3.17. The maximum Gasteiger partial charge on any atom is 0.408 e. The fraction of sp³-hybridized carbons (Fsp3) is 0.500. The second kappa shape index (κ2) is 5.07. The van der Waals surface area contributed by atoms with Gasteiger partial charge in [0.05, 0.1) is 12.6 Å². The number of hydrogen-bond acceptors (Lipinski definition) is 3. The van der Waals surface area contributed by atoms with Crippen molar-refractivity contribution in [2.75, 3.05) is 6.61 Å². The smallest absolute Gasteiger partial charge is 0.408 e. The van der Waals surface area contributed by atoms with Crippen molar-refractivity contribution >= 4 is 6.09 Å². The summed E-state index contributed by atoms with van der Waals surface area (Å²) in [5.74, 6) is 0.258. The molecule has 1 N–H and O–H groups in total. The van der Waals surface area contributed by atoms with E-state index in [-0.39, 0.29) is 11.9 Å². The van der Waals surface area contributed by atoms with Gasteiger partial charge in [0.2, 0.25) is 0 Å². The number of rotatable bonds is 1. The first-order valence-electron chi connectivity index (χ1n) is 6.27. The summed E-state index contributed by atoms with van der Waals surface area (Å²) >= 11 is 0. The van der Waals surface area contributed by atoms with Gasteiger partial charge in [-0.2, -0.15) is 0 Å². The number of ether oxygens (including phenoxy) is 2. The van der Waals surface area contributed by atoms with Crippen LogP contribution in [0.3, 0.4) is 0 Å². The fourth-order valence-electron chi connectivity index (χ4n) is 1.97. The third-order valence-electron chi connectivity index (χ3n) is 2.70. The van der Waals surface area contributed by atoms with E-state index in [4.69, 9.17) is 9.47 Å². The van der Waals surface area contributed by atoms with E-state index in [9.17, 15) is 9.18 Å². The molecule has 0 saturated carbocycles. The average molecular weight is 267 g/mol. The summed E-state index contributed by atoms with van der Waals surface area (Å²) in [6.45, 7) is 5.87. The van der Waals surface area contributed by atoms with Gasteiger partial charge in [0.1, 0.15) is 17.2 Å². The number of carbonyl (C=O) groups is 1. The Bertz CT molecular complexity index is 482. The standard InChI is InChI=1S/C14H18FNO3/c1-14(2,3)19-13(17)16-11-6-7-18-12-5-4-9(15)8-10(11)12/h4-5,8,11H,6-7H2,1-3H3,(H,16,17). The van der Waals surface area contributed by atoms with Crippen LogP contribution in [0.15, 0.2) is 18.2 Å². The Morgan fingerprint density at radius 1 is 1.47 bits per heavy atom. The van der Waals surface area contributed by atoms with Crippen LogP contribution in [0.1, 0.15) is 38.8 Å². The van der Waals surface area contributed by atoms with Crippen LogP contribution in [0.4, 0.5) is 9.18 Å². The van der Waals surface area contributed by atoms with E-state index in [1.54, 1.807) is 26.8 Å². The van der Waals surface area contributed by atoms with Gasteiger partial charge >= 0.3 is 6.09 Å². The zero-order valence-electron chi connectivity index (χ0n) is 11.3. The highest BCUT2D eigenvalue weighted by Gasteiger charge is 2.25. The van der Waals surface area contributed by atoms with Crippen molar-refractivity contribution in [3.8, 4) is 5.75 Å². The molecule has 1 aliphatic heterocycles. The highest BCUT2D eigenvalue weighted by Crippen LogP contribution is 2.32. The van der Waals surface area contributed by atoms with Gasteiger partial charge in [-0.1, -0.05) is 0 Å². The minimum Gasteiger partial charge on any atom is -0.493 e. The number of nitrogens with one attached hydrogen (secondary N) is 1. The number of carbonyl (C=O) groups excluding carboxylic acids is 1. The van der Waals surface area contributed by atoms with Crippen LogP contribution in [0, 0.1) is 5.82 Å². The molecule has 0 fully saturated rings. The third-order valence-corrected chi connectivity index (χ3v) is 2.70. The van der Waals surface area contributed by atoms with Gasteiger partial charge in [0, 0.05) is 12.0 Å². The molecule has 1 amide bonds. The van der Waals surface area contributed by atoms with Crippen molar-refractivity contribution in [1.82, 2.24) is 5.32 Å². The predicted molar refractivity (Wildman–Crippen MR) is 68.6 cm³/mol. The topological polar surface area (TPSA) is 47.6 Å². The van der Waals surface area contributed by atoms with Crippen LogP contribution in [0.2, 0.25) is 0 Å². The summed E-state index contributed by atoms with van der Waals surface area (Å²) in [6.07, 6.45) is 0.0880. The normalized spacial score (nSPS) is 18.2. The SMILES string of the molecule is CC(C)(C)OC(=O)NC1CCOc2ccc(F)cc21. The minimum absolute atomic E-state index is 0.283. The van der Waals surface area contributed by atoms with Crippen molar-refractivity contribution in [2.45, 2.75) is 38.8 Å². The Balaban J connectivity index is 2.11. The lowest BCUT2D eigenvalue weighted by Crippen LogP contribution is -2.36. The summed E-state index contributed by atoms with van der Waals surface area (Å²) < 4.78 is 23.9. The minimum atomic E-state index is -0.556. The average Bonchev–Trinajstić information content (AvgIpc) is 2.27. The maximum absolute atomic E-state index is 13.3. The summed E-state index contributed by atoms with van der Waals surface area (Å²) in [6, 6.07) is 4.02. The number of hydrogen-bond donors (Lipinski definition) is 1. The molecule has 0 aliphatic carbocycles.